The number of piperazine rings is 1. The van der Waals surface area contributed by atoms with E-state index in [-0.39, 0.29) is 5.82 Å². The van der Waals surface area contributed by atoms with Gasteiger partial charge in [-0.25, -0.2) is 4.39 Å². The molecule has 0 amide bonds. The molecule has 0 bridgehead atoms. The highest BCUT2D eigenvalue weighted by atomic mass is 19.1. The van der Waals surface area contributed by atoms with Crippen molar-refractivity contribution in [3.63, 3.8) is 0 Å². The summed E-state index contributed by atoms with van der Waals surface area (Å²) in [4.78, 5) is 5.03. The second-order valence-corrected chi connectivity index (χ2v) is 6.27. The van der Waals surface area contributed by atoms with Crippen LogP contribution in [0, 0.1) is 5.82 Å². The summed E-state index contributed by atoms with van der Waals surface area (Å²) in [6.07, 6.45) is 3.95. The number of nitrogens with two attached hydrogens (primary N) is 1. The Labute approximate surface area is 120 Å². The highest BCUT2D eigenvalue weighted by Crippen LogP contribution is 2.25. The molecule has 0 aliphatic carbocycles. The molecule has 2 heterocycles. The Morgan fingerprint density at radius 2 is 2.15 bits per heavy atom. The van der Waals surface area contributed by atoms with E-state index in [1.807, 2.05) is 6.07 Å². The van der Waals surface area contributed by atoms with Crippen LogP contribution in [0.5, 0.6) is 0 Å². The quantitative estimate of drug-likeness (QED) is 0.843. The Morgan fingerprint density at radius 3 is 2.95 bits per heavy atom. The average molecular weight is 277 g/mol. The van der Waals surface area contributed by atoms with Gasteiger partial charge in [-0.05, 0) is 38.4 Å². The van der Waals surface area contributed by atoms with Crippen LogP contribution in [0.1, 0.15) is 31.7 Å². The molecule has 0 saturated carbocycles. The lowest BCUT2D eigenvalue weighted by Crippen LogP contribution is -2.58. The van der Waals surface area contributed by atoms with Crippen LogP contribution >= 0.6 is 0 Å². The Kier molecular flexibility index (Phi) is 3.94. The number of halogens is 1. The van der Waals surface area contributed by atoms with Gasteiger partial charge in [-0.2, -0.15) is 0 Å². The first-order valence-electron chi connectivity index (χ1n) is 7.65. The second kappa shape index (κ2) is 5.70. The van der Waals surface area contributed by atoms with Gasteiger partial charge in [0.25, 0.3) is 0 Å². The number of piperidine rings is 1. The minimum absolute atomic E-state index is 0.178. The monoisotopic (exact) mass is 277 g/mol. The van der Waals surface area contributed by atoms with Gasteiger partial charge in [0.15, 0.2) is 0 Å². The van der Waals surface area contributed by atoms with Crippen molar-refractivity contribution in [3.8, 4) is 0 Å². The van der Waals surface area contributed by atoms with Crippen molar-refractivity contribution in [1.82, 2.24) is 9.80 Å². The van der Waals surface area contributed by atoms with Crippen LogP contribution in [0.25, 0.3) is 0 Å². The molecule has 0 radical (unpaired) electrons. The highest BCUT2D eigenvalue weighted by molar-refractivity contribution is 5.40. The molecule has 2 unspecified atom stereocenters. The number of hydrogen-bond acceptors (Lipinski definition) is 3. The van der Waals surface area contributed by atoms with E-state index in [1.165, 1.54) is 31.9 Å². The molecule has 0 spiro atoms. The average Bonchev–Trinajstić information content (AvgIpc) is 2.42. The summed E-state index contributed by atoms with van der Waals surface area (Å²) in [6, 6.07) is 6.19. The third kappa shape index (κ3) is 2.81. The van der Waals surface area contributed by atoms with Gasteiger partial charge in [0.05, 0.1) is 0 Å². The second-order valence-electron chi connectivity index (χ2n) is 6.27. The molecule has 2 aliphatic rings. The number of rotatable bonds is 2. The zero-order valence-electron chi connectivity index (χ0n) is 12.2. The van der Waals surface area contributed by atoms with Crippen LogP contribution < -0.4 is 5.73 Å². The molecule has 1 aromatic carbocycles. The fraction of sp³-hybridized carbons (Fsp3) is 0.625. The van der Waals surface area contributed by atoms with E-state index in [4.69, 9.17) is 5.73 Å². The third-order valence-electron chi connectivity index (χ3n) is 4.77. The van der Waals surface area contributed by atoms with Crippen LogP contribution in [-0.2, 0) is 6.54 Å². The van der Waals surface area contributed by atoms with Gasteiger partial charge < -0.3 is 5.73 Å². The van der Waals surface area contributed by atoms with Crippen LogP contribution in [-0.4, -0.2) is 41.5 Å². The maximum absolute atomic E-state index is 13.9. The van der Waals surface area contributed by atoms with Gasteiger partial charge in [0, 0.05) is 43.0 Å². The van der Waals surface area contributed by atoms with E-state index in [0.717, 1.165) is 18.7 Å². The maximum Gasteiger partial charge on any atom is 0.129 e. The number of nitrogen functional groups attached to an aromatic ring is 1. The molecule has 2 N–H and O–H groups in total. The predicted octanol–water partition coefficient (Wildman–Crippen LogP) is 2.47. The SMILES string of the molecule is CC1CN2CCCCC2CN1Cc1ccc(N)cc1F. The zero-order chi connectivity index (χ0) is 14.1. The third-order valence-corrected chi connectivity index (χ3v) is 4.77. The molecule has 0 aromatic heterocycles. The van der Waals surface area contributed by atoms with Crippen molar-refractivity contribution in [1.29, 1.82) is 0 Å². The minimum atomic E-state index is -0.178. The lowest BCUT2D eigenvalue weighted by atomic mass is 9.96. The maximum atomic E-state index is 13.9. The first kappa shape index (κ1) is 13.8. The van der Waals surface area contributed by atoms with Gasteiger partial charge in [-0.3, -0.25) is 9.80 Å². The molecule has 2 fully saturated rings. The Bertz CT molecular complexity index is 477. The fourth-order valence-corrected chi connectivity index (χ4v) is 3.54. The number of nitrogens with zero attached hydrogens (tertiary/aromatic N) is 2. The van der Waals surface area contributed by atoms with E-state index in [1.54, 1.807) is 6.07 Å². The molecule has 2 aliphatic heterocycles. The lowest BCUT2D eigenvalue weighted by molar-refractivity contribution is 0.0106. The molecule has 110 valence electrons. The Hall–Kier alpha value is -1.13. The highest BCUT2D eigenvalue weighted by Gasteiger charge is 2.32. The smallest absolute Gasteiger partial charge is 0.129 e. The number of fused-ring (bicyclic) bond motifs is 1. The van der Waals surface area contributed by atoms with Crippen molar-refractivity contribution in [2.75, 3.05) is 25.4 Å². The van der Waals surface area contributed by atoms with Crippen LogP contribution in [0.15, 0.2) is 18.2 Å². The molecule has 3 rings (SSSR count). The topological polar surface area (TPSA) is 32.5 Å². The largest absolute Gasteiger partial charge is 0.399 e. The molecule has 20 heavy (non-hydrogen) atoms. The van der Waals surface area contributed by atoms with Crippen LogP contribution in [0.3, 0.4) is 0 Å². The van der Waals surface area contributed by atoms with Crippen molar-refractivity contribution >= 4 is 5.69 Å². The molecular weight excluding hydrogens is 253 g/mol. The van der Waals surface area contributed by atoms with Gasteiger partial charge >= 0.3 is 0 Å². The summed E-state index contributed by atoms with van der Waals surface area (Å²) in [6.45, 7) is 6.35. The van der Waals surface area contributed by atoms with E-state index in [2.05, 4.69) is 16.7 Å². The molecule has 1 aromatic rings. The summed E-state index contributed by atoms with van der Waals surface area (Å²) >= 11 is 0. The van der Waals surface area contributed by atoms with Crippen LogP contribution in [0.4, 0.5) is 10.1 Å². The summed E-state index contributed by atoms with van der Waals surface area (Å²) in [5, 5.41) is 0. The molecule has 4 heteroatoms. The van der Waals surface area contributed by atoms with E-state index in [9.17, 15) is 4.39 Å². The molecule has 3 nitrogen and oxygen atoms in total. The van der Waals surface area contributed by atoms with E-state index >= 15 is 0 Å². The first-order chi connectivity index (χ1) is 9.63. The molecule has 2 saturated heterocycles. The van der Waals surface area contributed by atoms with E-state index < -0.39 is 0 Å². The molecular formula is C16H24FN3. The van der Waals surface area contributed by atoms with E-state index in [0.29, 0.717) is 24.3 Å². The Morgan fingerprint density at radius 1 is 1.30 bits per heavy atom. The van der Waals surface area contributed by atoms with Crippen molar-refractivity contribution in [3.05, 3.63) is 29.6 Å². The predicted molar refractivity (Wildman–Crippen MR) is 79.9 cm³/mol. The summed E-state index contributed by atoms with van der Waals surface area (Å²) in [5.41, 5.74) is 6.87. The fourth-order valence-electron chi connectivity index (χ4n) is 3.54. The normalized spacial score (nSPS) is 28.3. The zero-order valence-corrected chi connectivity index (χ0v) is 12.2. The summed E-state index contributed by atoms with van der Waals surface area (Å²) in [5.74, 6) is -0.178. The lowest BCUT2D eigenvalue weighted by Gasteiger charge is -2.47. The van der Waals surface area contributed by atoms with Gasteiger partial charge in [0.2, 0.25) is 0 Å². The van der Waals surface area contributed by atoms with Crippen molar-refractivity contribution in [2.45, 2.75) is 44.8 Å². The van der Waals surface area contributed by atoms with Gasteiger partial charge in [0.1, 0.15) is 5.82 Å². The first-order valence-corrected chi connectivity index (χ1v) is 7.65. The Balaban J connectivity index is 1.70. The van der Waals surface area contributed by atoms with Crippen molar-refractivity contribution < 1.29 is 4.39 Å². The standard InChI is InChI=1S/C16H24FN3/c1-12-9-19-7-3-2-4-15(19)11-20(12)10-13-5-6-14(18)8-16(13)17/h5-6,8,12,15H,2-4,7,9-11,18H2,1H3. The number of benzene rings is 1. The van der Waals surface area contributed by atoms with Gasteiger partial charge in [-0.1, -0.05) is 12.5 Å². The number of anilines is 1. The summed E-state index contributed by atoms with van der Waals surface area (Å²) < 4.78 is 13.9. The minimum Gasteiger partial charge on any atom is -0.399 e. The van der Waals surface area contributed by atoms with Crippen LogP contribution in [0.2, 0.25) is 0 Å². The molecule has 2 atom stereocenters. The summed E-state index contributed by atoms with van der Waals surface area (Å²) in [7, 11) is 0. The number of hydrogen-bond donors (Lipinski definition) is 1. The van der Waals surface area contributed by atoms with Gasteiger partial charge in [-0.15, -0.1) is 0 Å². The van der Waals surface area contributed by atoms with Crippen molar-refractivity contribution in [2.24, 2.45) is 0 Å².